The van der Waals surface area contributed by atoms with Crippen molar-refractivity contribution < 1.29 is 27.6 Å². The van der Waals surface area contributed by atoms with E-state index in [2.05, 4.69) is 5.32 Å². The molecular formula is C18H29N4O5S+. The molecule has 1 aromatic rings. The molecule has 2 amide bonds. The smallest absolute Gasteiger partial charge is 0.410 e. The van der Waals surface area contributed by atoms with Crippen molar-refractivity contribution in [2.75, 3.05) is 58.7 Å². The van der Waals surface area contributed by atoms with Crippen molar-refractivity contribution in [3.05, 3.63) is 23.8 Å². The van der Waals surface area contributed by atoms with E-state index in [1.807, 2.05) is 0 Å². The van der Waals surface area contributed by atoms with E-state index in [1.54, 1.807) is 30.9 Å². The third-order valence-corrected chi connectivity index (χ3v) is 6.59. The zero-order chi connectivity index (χ0) is 20.9. The van der Waals surface area contributed by atoms with Crippen molar-refractivity contribution in [1.29, 1.82) is 0 Å². The summed E-state index contributed by atoms with van der Waals surface area (Å²) in [6.07, 6.45) is -0.319. The zero-order valence-electron chi connectivity index (χ0n) is 16.8. The highest BCUT2D eigenvalue weighted by molar-refractivity contribution is 7.89. The summed E-state index contributed by atoms with van der Waals surface area (Å²) >= 11 is 0. The number of benzene rings is 1. The summed E-state index contributed by atoms with van der Waals surface area (Å²) in [5.41, 5.74) is 1.06. The van der Waals surface area contributed by atoms with Crippen molar-refractivity contribution >= 4 is 27.7 Å². The number of nitrogens with one attached hydrogen (secondary N) is 2. The van der Waals surface area contributed by atoms with E-state index >= 15 is 0 Å². The number of piperazine rings is 1. The minimum absolute atomic E-state index is 0.172. The average Bonchev–Trinajstić information content (AvgIpc) is 2.63. The number of anilines is 1. The number of hydrogen-bond donors (Lipinski definition) is 2. The van der Waals surface area contributed by atoms with E-state index in [0.717, 1.165) is 9.21 Å². The first-order valence-corrected chi connectivity index (χ1v) is 10.7. The Morgan fingerprint density at radius 2 is 1.89 bits per heavy atom. The van der Waals surface area contributed by atoms with Gasteiger partial charge in [0.2, 0.25) is 10.0 Å². The van der Waals surface area contributed by atoms with Gasteiger partial charge in [0.15, 0.2) is 6.54 Å². The van der Waals surface area contributed by atoms with E-state index in [4.69, 9.17) is 4.74 Å². The average molecular weight is 414 g/mol. The van der Waals surface area contributed by atoms with E-state index in [0.29, 0.717) is 44.0 Å². The van der Waals surface area contributed by atoms with Crippen LogP contribution in [0.3, 0.4) is 0 Å². The van der Waals surface area contributed by atoms with Crippen LogP contribution in [0.5, 0.6) is 0 Å². The van der Waals surface area contributed by atoms with Gasteiger partial charge in [-0.05, 0) is 31.5 Å². The summed E-state index contributed by atoms with van der Waals surface area (Å²) in [4.78, 5) is 27.0. The van der Waals surface area contributed by atoms with Gasteiger partial charge in [-0.25, -0.2) is 17.5 Å². The second-order valence-electron chi connectivity index (χ2n) is 6.93. The Hall–Kier alpha value is -2.17. The van der Waals surface area contributed by atoms with Crippen LogP contribution in [-0.4, -0.2) is 83.0 Å². The Bertz CT molecular complexity index is 817. The first-order chi connectivity index (χ1) is 13.1. The van der Waals surface area contributed by atoms with E-state index in [1.165, 1.54) is 20.2 Å². The molecule has 1 aromatic carbocycles. The molecule has 1 saturated heterocycles. The second-order valence-corrected chi connectivity index (χ2v) is 9.05. The lowest BCUT2D eigenvalue weighted by Crippen LogP contribution is -3.15. The summed E-state index contributed by atoms with van der Waals surface area (Å²) in [6, 6.07) is 4.85. The largest absolute Gasteiger partial charge is 0.450 e. The topological polar surface area (TPSA) is 100 Å². The van der Waals surface area contributed by atoms with Gasteiger partial charge in [-0.15, -0.1) is 0 Å². The molecule has 156 valence electrons. The molecule has 1 aliphatic rings. The Balaban J connectivity index is 1.95. The van der Waals surface area contributed by atoms with Crippen LogP contribution >= 0.6 is 0 Å². The Labute approximate surface area is 166 Å². The molecule has 9 nitrogen and oxygen atoms in total. The molecule has 2 rings (SSSR count). The number of quaternary nitrogens is 1. The summed E-state index contributed by atoms with van der Waals surface area (Å²) in [7, 11) is -0.642. The van der Waals surface area contributed by atoms with Crippen LogP contribution in [0, 0.1) is 6.92 Å². The van der Waals surface area contributed by atoms with Gasteiger partial charge >= 0.3 is 6.09 Å². The number of carbonyl (C=O) groups is 2. The van der Waals surface area contributed by atoms with Crippen molar-refractivity contribution in [2.45, 2.75) is 18.7 Å². The maximum atomic E-state index is 12.4. The quantitative estimate of drug-likeness (QED) is 0.657. The molecule has 2 N–H and O–H groups in total. The van der Waals surface area contributed by atoms with Crippen molar-refractivity contribution in [3.63, 3.8) is 0 Å². The van der Waals surface area contributed by atoms with Crippen LogP contribution in [0.4, 0.5) is 10.5 Å². The van der Waals surface area contributed by atoms with Crippen LogP contribution in [0.25, 0.3) is 0 Å². The van der Waals surface area contributed by atoms with E-state index in [-0.39, 0.29) is 23.4 Å². The molecule has 0 aliphatic carbocycles. The number of carbonyl (C=O) groups excluding carboxylic acids is 2. The minimum Gasteiger partial charge on any atom is -0.450 e. The third kappa shape index (κ3) is 5.43. The van der Waals surface area contributed by atoms with E-state index < -0.39 is 10.0 Å². The first kappa shape index (κ1) is 22.1. The fraction of sp³-hybridized carbons (Fsp3) is 0.556. The minimum atomic E-state index is -3.58. The van der Waals surface area contributed by atoms with Crippen LogP contribution in [0.15, 0.2) is 23.1 Å². The molecule has 0 radical (unpaired) electrons. The van der Waals surface area contributed by atoms with Crippen molar-refractivity contribution in [3.8, 4) is 0 Å². The van der Waals surface area contributed by atoms with Crippen LogP contribution < -0.4 is 10.2 Å². The molecule has 0 saturated carbocycles. The monoisotopic (exact) mass is 413 g/mol. The molecule has 0 bridgehead atoms. The highest BCUT2D eigenvalue weighted by Crippen LogP contribution is 2.22. The van der Waals surface area contributed by atoms with Crippen molar-refractivity contribution in [1.82, 2.24) is 9.21 Å². The van der Waals surface area contributed by atoms with Gasteiger partial charge in [0.05, 0.1) is 37.7 Å². The number of rotatable bonds is 6. The Kier molecular flexibility index (Phi) is 7.39. The zero-order valence-corrected chi connectivity index (χ0v) is 17.6. The highest BCUT2D eigenvalue weighted by atomic mass is 32.2. The molecule has 28 heavy (non-hydrogen) atoms. The normalized spacial score (nSPS) is 15.5. The second kappa shape index (κ2) is 9.35. The van der Waals surface area contributed by atoms with Gasteiger partial charge in [0.1, 0.15) is 0 Å². The predicted molar refractivity (Wildman–Crippen MR) is 105 cm³/mol. The summed E-state index contributed by atoms with van der Waals surface area (Å²) in [5.74, 6) is -0.198. The molecule has 1 fully saturated rings. The number of aryl methyl sites for hydroxylation is 1. The lowest BCUT2D eigenvalue weighted by atomic mass is 10.2. The fourth-order valence-corrected chi connectivity index (χ4v) is 4.13. The number of sulfonamides is 1. The molecule has 0 spiro atoms. The van der Waals surface area contributed by atoms with Gasteiger partial charge in [-0.2, -0.15) is 0 Å². The SMILES string of the molecule is CCOC(=O)N1CC[NH+](CC(=O)Nc2ccc(C)c(S(=O)(=O)N(C)C)c2)CC1. The molecule has 0 aromatic heterocycles. The standard InChI is InChI=1S/C18H28N4O5S/c1-5-27-18(24)22-10-8-21(9-11-22)13-17(23)19-15-7-6-14(2)16(12-15)28(25,26)20(3)4/h6-7,12H,5,8-11,13H2,1-4H3,(H,19,23)/p+1. The van der Waals surface area contributed by atoms with Gasteiger partial charge < -0.3 is 15.0 Å². The predicted octanol–water partition coefficient (Wildman–Crippen LogP) is -0.459. The van der Waals surface area contributed by atoms with Gasteiger partial charge in [-0.3, -0.25) is 9.69 Å². The fourth-order valence-electron chi connectivity index (χ4n) is 2.98. The third-order valence-electron chi connectivity index (χ3n) is 4.64. The first-order valence-electron chi connectivity index (χ1n) is 9.23. The number of hydrogen-bond acceptors (Lipinski definition) is 5. The van der Waals surface area contributed by atoms with Gasteiger partial charge in [-0.1, -0.05) is 6.07 Å². The Morgan fingerprint density at radius 3 is 2.46 bits per heavy atom. The lowest BCUT2D eigenvalue weighted by molar-refractivity contribution is -0.895. The summed E-state index contributed by atoms with van der Waals surface area (Å²) in [6.45, 7) is 6.46. The molecular weight excluding hydrogens is 384 g/mol. The van der Waals surface area contributed by atoms with Gasteiger partial charge in [0, 0.05) is 19.8 Å². The van der Waals surface area contributed by atoms with E-state index in [9.17, 15) is 18.0 Å². The Morgan fingerprint density at radius 1 is 1.25 bits per heavy atom. The number of amides is 2. The van der Waals surface area contributed by atoms with Crippen LogP contribution in [0.2, 0.25) is 0 Å². The summed E-state index contributed by atoms with van der Waals surface area (Å²) < 4.78 is 30.9. The number of nitrogens with zero attached hydrogens (tertiary/aromatic N) is 2. The molecule has 0 unspecified atom stereocenters. The molecule has 1 aliphatic heterocycles. The lowest BCUT2D eigenvalue weighted by Gasteiger charge is -2.31. The number of ether oxygens (including phenoxy) is 1. The summed E-state index contributed by atoms with van der Waals surface area (Å²) in [5, 5.41) is 2.77. The molecule has 0 atom stereocenters. The maximum Gasteiger partial charge on any atom is 0.410 e. The maximum absolute atomic E-state index is 12.4. The molecule has 1 heterocycles. The highest BCUT2D eigenvalue weighted by Gasteiger charge is 2.26. The van der Waals surface area contributed by atoms with Crippen LogP contribution in [0.1, 0.15) is 12.5 Å². The van der Waals surface area contributed by atoms with Crippen LogP contribution in [-0.2, 0) is 19.6 Å². The van der Waals surface area contributed by atoms with Crippen molar-refractivity contribution in [2.24, 2.45) is 0 Å². The van der Waals surface area contributed by atoms with Gasteiger partial charge in [0.25, 0.3) is 5.91 Å². The molecule has 10 heteroatoms.